The lowest BCUT2D eigenvalue weighted by Crippen LogP contribution is -2.42. The van der Waals surface area contributed by atoms with E-state index in [4.69, 9.17) is 10.2 Å². The number of carboxylic acids is 1. The van der Waals surface area contributed by atoms with Crippen molar-refractivity contribution in [3.63, 3.8) is 0 Å². The van der Waals surface area contributed by atoms with Gasteiger partial charge in [-0.2, -0.15) is 0 Å². The van der Waals surface area contributed by atoms with Crippen LogP contribution in [0.5, 0.6) is 0 Å². The van der Waals surface area contributed by atoms with Crippen molar-refractivity contribution in [1.82, 2.24) is 5.32 Å². The molecule has 0 aliphatic heterocycles. The van der Waals surface area contributed by atoms with E-state index in [2.05, 4.69) is 5.32 Å². The maximum Gasteiger partial charge on any atom is 0.326 e. The second-order valence-corrected chi connectivity index (χ2v) is 4.75. The van der Waals surface area contributed by atoms with E-state index in [-0.39, 0.29) is 12.0 Å². The number of carbonyl (C=O) groups is 2. The van der Waals surface area contributed by atoms with E-state index >= 15 is 0 Å². The minimum atomic E-state index is -1.05. The molecule has 0 radical (unpaired) electrons. The average molecular weight is 229 g/mol. The molecule has 1 amide bonds. The summed E-state index contributed by atoms with van der Waals surface area (Å²) in [6, 6.07) is -0.907. The van der Waals surface area contributed by atoms with Crippen LogP contribution < -0.4 is 5.32 Å². The Bertz CT molecular complexity index is 278. The number of carboxylic acid groups (broad SMARTS) is 1. The van der Waals surface area contributed by atoms with Gasteiger partial charge in [0.25, 0.3) is 0 Å². The lowest BCUT2D eigenvalue weighted by atomic mass is 9.88. The van der Waals surface area contributed by atoms with Crippen molar-refractivity contribution >= 4 is 11.9 Å². The average Bonchev–Trinajstić information content (AvgIpc) is 2.11. The highest BCUT2D eigenvalue weighted by atomic mass is 16.4. The summed E-state index contributed by atoms with van der Waals surface area (Å²) in [5.74, 6) is -1.56. The highest BCUT2D eigenvalue weighted by molar-refractivity contribution is 5.91. The van der Waals surface area contributed by atoms with Crippen LogP contribution in [-0.2, 0) is 9.59 Å². The van der Waals surface area contributed by atoms with Gasteiger partial charge in [0, 0.05) is 6.08 Å². The van der Waals surface area contributed by atoms with E-state index in [1.807, 2.05) is 20.8 Å². The molecule has 16 heavy (non-hydrogen) atoms. The first-order valence-electron chi connectivity index (χ1n) is 5.07. The third kappa shape index (κ3) is 7.00. The molecule has 0 saturated carbocycles. The first-order valence-corrected chi connectivity index (χ1v) is 5.07. The Kier molecular flexibility index (Phi) is 5.74. The first kappa shape index (κ1) is 14.6. The van der Waals surface area contributed by atoms with Gasteiger partial charge in [-0.15, -0.1) is 0 Å². The van der Waals surface area contributed by atoms with E-state index in [9.17, 15) is 9.59 Å². The van der Waals surface area contributed by atoms with Crippen molar-refractivity contribution in [3.05, 3.63) is 12.2 Å². The number of aliphatic hydroxyl groups is 1. The third-order valence-electron chi connectivity index (χ3n) is 1.81. The number of carbonyl (C=O) groups excluding carboxylic acids is 1. The molecular formula is C11H19NO4. The van der Waals surface area contributed by atoms with Crippen LogP contribution in [-0.4, -0.2) is 34.7 Å². The van der Waals surface area contributed by atoms with E-state index in [0.29, 0.717) is 6.42 Å². The fraction of sp³-hybridized carbons (Fsp3) is 0.636. The highest BCUT2D eigenvalue weighted by Crippen LogP contribution is 2.20. The van der Waals surface area contributed by atoms with Crippen molar-refractivity contribution in [1.29, 1.82) is 0 Å². The van der Waals surface area contributed by atoms with Crippen LogP contribution >= 0.6 is 0 Å². The summed E-state index contributed by atoms with van der Waals surface area (Å²) in [5.41, 5.74) is -0.184. The molecule has 1 unspecified atom stereocenters. The van der Waals surface area contributed by atoms with E-state index in [0.717, 1.165) is 6.08 Å². The van der Waals surface area contributed by atoms with Gasteiger partial charge in [0.05, 0.1) is 6.61 Å². The minimum Gasteiger partial charge on any atom is -0.480 e. The van der Waals surface area contributed by atoms with Crippen LogP contribution in [0.1, 0.15) is 27.2 Å². The molecule has 0 aliphatic rings. The SMILES string of the molecule is CC(C)(C)CC(NC(=O)C=CCO)C(=O)O. The lowest BCUT2D eigenvalue weighted by molar-refractivity contribution is -0.142. The van der Waals surface area contributed by atoms with Crippen molar-refractivity contribution in [2.75, 3.05) is 6.61 Å². The molecule has 0 spiro atoms. The zero-order chi connectivity index (χ0) is 12.8. The summed E-state index contributed by atoms with van der Waals surface area (Å²) in [4.78, 5) is 22.1. The molecule has 0 aromatic rings. The smallest absolute Gasteiger partial charge is 0.326 e. The van der Waals surface area contributed by atoms with Gasteiger partial charge in [-0.05, 0) is 11.8 Å². The van der Waals surface area contributed by atoms with Crippen LogP contribution in [0.15, 0.2) is 12.2 Å². The molecule has 5 heteroatoms. The van der Waals surface area contributed by atoms with Gasteiger partial charge in [0.15, 0.2) is 0 Å². The molecule has 92 valence electrons. The maximum absolute atomic E-state index is 11.2. The summed E-state index contributed by atoms with van der Waals surface area (Å²) >= 11 is 0. The zero-order valence-electron chi connectivity index (χ0n) is 9.86. The summed E-state index contributed by atoms with van der Waals surface area (Å²) in [6.07, 6.45) is 2.73. The highest BCUT2D eigenvalue weighted by Gasteiger charge is 2.25. The molecule has 0 saturated heterocycles. The molecule has 0 aromatic carbocycles. The number of amides is 1. The molecule has 0 heterocycles. The van der Waals surface area contributed by atoms with Crippen LogP contribution in [0, 0.1) is 5.41 Å². The third-order valence-corrected chi connectivity index (χ3v) is 1.81. The molecule has 3 N–H and O–H groups in total. The molecule has 1 atom stereocenters. The standard InChI is InChI=1S/C11H19NO4/c1-11(2,3)7-8(10(15)16)12-9(14)5-4-6-13/h4-5,8,13H,6-7H2,1-3H3,(H,12,14)(H,15,16). The van der Waals surface area contributed by atoms with Gasteiger partial charge in [0.2, 0.25) is 5.91 Å². The van der Waals surface area contributed by atoms with Crippen molar-refractivity contribution in [3.8, 4) is 0 Å². The van der Waals surface area contributed by atoms with Gasteiger partial charge < -0.3 is 15.5 Å². The normalized spacial score (nSPS) is 13.8. The molecule has 0 fully saturated rings. The van der Waals surface area contributed by atoms with Crippen LogP contribution in [0.4, 0.5) is 0 Å². The first-order chi connectivity index (χ1) is 7.26. The molecule has 5 nitrogen and oxygen atoms in total. The van der Waals surface area contributed by atoms with Crippen molar-refractivity contribution in [2.24, 2.45) is 5.41 Å². The summed E-state index contributed by atoms with van der Waals surface area (Å²) in [6.45, 7) is 5.46. The number of rotatable bonds is 5. The largest absolute Gasteiger partial charge is 0.480 e. The van der Waals surface area contributed by atoms with E-state index in [1.165, 1.54) is 6.08 Å². The summed E-state index contributed by atoms with van der Waals surface area (Å²) < 4.78 is 0. The van der Waals surface area contributed by atoms with Gasteiger partial charge in [-0.1, -0.05) is 26.8 Å². The summed E-state index contributed by atoms with van der Waals surface area (Å²) in [7, 11) is 0. The molecule has 0 rings (SSSR count). The Morgan fingerprint density at radius 3 is 2.31 bits per heavy atom. The van der Waals surface area contributed by atoms with Gasteiger partial charge in [0.1, 0.15) is 6.04 Å². The van der Waals surface area contributed by atoms with Crippen molar-refractivity contribution < 1.29 is 19.8 Å². The Hall–Kier alpha value is -1.36. The van der Waals surface area contributed by atoms with Crippen molar-refractivity contribution in [2.45, 2.75) is 33.2 Å². The topological polar surface area (TPSA) is 86.6 Å². The molecule has 0 bridgehead atoms. The molecule has 0 aliphatic carbocycles. The Balaban J connectivity index is 4.41. The summed E-state index contributed by atoms with van der Waals surface area (Å²) in [5, 5.41) is 19.8. The van der Waals surface area contributed by atoms with Gasteiger partial charge in [-0.25, -0.2) is 4.79 Å². The van der Waals surface area contributed by atoms with E-state index in [1.54, 1.807) is 0 Å². The monoisotopic (exact) mass is 229 g/mol. The quantitative estimate of drug-likeness (QED) is 0.600. The maximum atomic E-state index is 11.2. The van der Waals surface area contributed by atoms with Gasteiger partial charge >= 0.3 is 5.97 Å². The lowest BCUT2D eigenvalue weighted by Gasteiger charge is -2.23. The fourth-order valence-electron chi connectivity index (χ4n) is 1.19. The molecular weight excluding hydrogens is 210 g/mol. The van der Waals surface area contributed by atoms with Crippen LogP contribution in [0.2, 0.25) is 0 Å². The number of hydrogen-bond acceptors (Lipinski definition) is 3. The van der Waals surface area contributed by atoms with Crippen LogP contribution in [0.3, 0.4) is 0 Å². The van der Waals surface area contributed by atoms with E-state index < -0.39 is 17.9 Å². The number of aliphatic carboxylic acids is 1. The Morgan fingerprint density at radius 1 is 1.38 bits per heavy atom. The Labute approximate surface area is 95.2 Å². The Morgan fingerprint density at radius 2 is 1.94 bits per heavy atom. The van der Waals surface area contributed by atoms with Crippen LogP contribution in [0.25, 0.3) is 0 Å². The fourth-order valence-corrected chi connectivity index (χ4v) is 1.19. The second kappa shape index (κ2) is 6.27. The predicted molar refractivity (Wildman–Crippen MR) is 59.9 cm³/mol. The second-order valence-electron chi connectivity index (χ2n) is 4.75. The number of nitrogens with one attached hydrogen (secondary N) is 1. The minimum absolute atomic E-state index is 0.184. The zero-order valence-corrected chi connectivity index (χ0v) is 9.86. The number of aliphatic hydroxyl groups excluding tert-OH is 1. The number of hydrogen-bond donors (Lipinski definition) is 3. The van der Waals surface area contributed by atoms with Gasteiger partial charge in [-0.3, -0.25) is 4.79 Å². The molecule has 0 aromatic heterocycles. The predicted octanol–water partition coefficient (Wildman–Crippen LogP) is 0.540.